The van der Waals surface area contributed by atoms with Crippen molar-refractivity contribution in [2.45, 2.75) is 43.0 Å². The zero-order chi connectivity index (χ0) is 30.3. The van der Waals surface area contributed by atoms with Gasteiger partial charge in [-0.3, -0.25) is 24.0 Å². The smallest absolute Gasteiger partial charge is 0.289 e. The van der Waals surface area contributed by atoms with Crippen LogP contribution in [0, 0.1) is 10.1 Å². The van der Waals surface area contributed by atoms with Gasteiger partial charge < -0.3 is 20.1 Å². The largest absolute Gasteiger partial charge is 0.497 e. The molecule has 4 rings (SSSR count). The summed E-state index contributed by atoms with van der Waals surface area (Å²) in [6.45, 7) is -0.782. The normalized spacial score (nSPS) is 13.6. The van der Waals surface area contributed by atoms with Gasteiger partial charge in [0.25, 0.3) is 21.6 Å². The van der Waals surface area contributed by atoms with Gasteiger partial charge in [-0.2, -0.15) is 0 Å². The van der Waals surface area contributed by atoms with Crippen LogP contribution in [0.2, 0.25) is 0 Å². The number of nitro groups is 1. The van der Waals surface area contributed by atoms with E-state index in [-0.39, 0.29) is 34.6 Å². The summed E-state index contributed by atoms with van der Waals surface area (Å²) in [6, 6.07) is 15.6. The monoisotopic (exact) mass is 596 g/mol. The molecule has 1 aliphatic carbocycles. The zero-order valence-corrected chi connectivity index (χ0v) is 24.1. The number of nitrogens with zero attached hydrogens (tertiary/aromatic N) is 2. The summed E-state index contributed by atoms with van der Waals surface area (Å²) < 4.78 is 39.2. The van der Waals surface area contributed by atoms with Crippen molar-refractivity contribution < 1.29 is 32.4 Å². The highest BCUT2D eigenvalue weighted by molar-refractivity contribution is 7.93. The van der Waals surface area contributed by atoms with Crippen LogP contribution in [0.5, 0.6) is 11.5 Å². The minimum atomic E-state index is -4.68. The van der Waals surface area contributed by atoms with Gasteiger partial charge in [0.15, 0.2) is 4.90 Å². The quantitative estimate of drug-likeness (QED) is 0.242. The van der Waals surface area contributed by atoms with Gasteiger partial charge in [0.1, 0.15) is 18.0 Å². The first-order chi connectivity index (χ1) is 20.1. The number of carbonyl (C=O) groups excluding carboxylic acids is 2. The van der Waals surface area contributed by atoms with Gasteiger partial charge >= 0.3 is 0 Å². The van der Waals surface area contributed by atoms with Crippen molar-refractivity contribution >= 4 is 38.9 Å². The predicted octanol–water partition coefficient (Wildman–Crippen LogP) is 4.51. The number of benzene rings is 3. The van der Waals surface area contributed by atoms with Crippen LogP contribution >= 0.6 is 0 Å². The molecule has 1 fully saturated rings. The number of para-hydroxylation sites is 2. The lowest BCUT2D eigenvalue weighted by Gasteiger charge is -2.26. The number of sulfonamides is 1. The Hall–Kier alpha value is -4.65. The van der Waals surface area contributed by atoms with E-state index in [1.54, 1.807) is 24.3 Å². The average Bonchev–Trinajstić information content (AvgIpc) is 3.00. The number of hydrogen-bond acceptors (Lipinski definition) is 8. The second kappa shape index (κ2) is 13.3. The average molecular weight is 597 g/mol. The number of nitrogens with one attached hydrogen (secondary N) is 2. The van der Waals surface area contributed by atoms with E-state index in [2.05, 4.69) is 10.6 Å². The first kappa shape index (κ1) is 30.3. The molecule has 12 nitrogen and oxygen atoms in total. The lowest BCUT2D eigenvalue weighted by Crippen LogP contribution is -2.39. The number of methoxy groups -OCH3 is 2. The molecule has 0 heterocycles. The van der Waals surface area contributed by atoms with Crippen molar-refractivity contribution in [3.63, 3.8) is 0 Å². The third-order valence-electron chi connectivity index (χ3n) is 6.96. The van der Waals surface area contributed by atoms with Gasteiger partial charge in [-0.05, 0) is 43.2 Å². The van der Waals surface area contributed by atoms with Gasteiger partial charge in [0.2, 0.25) is 5.91 Å². The fourth-order valence-electron chi connectivity index (χ4n) is 4.86. The molecule has 0 aliphatic heterocycles. The van der Waals surface area contributed by atoms with Crippen molar-refractivity contribution in [1.29, 1.82) is 0 Å². The van der Waals surface area contributed by atoms with E-state index >= 15 is 0 Å². The Morgan fingerprint density at radius 3 is 2.36 bits per heavy atom. The van der Waals surface area contributed by atoms with Crippen molar-refractivity contribution in [1.82, 2.24) is 5.32 Å². The van der Waals surface area contributed by atoms with E-state index in [9.17, 15) is 28.1 Å². The van der Waals surface area contributed by atoms with Crippen LogP contribution in [0.25, 0.3) is 0 Å². The van der Waals surface area contributed by atoms with Crippen LogP contribution in [0.4, 0.5) is 17.1 Å². The molecule has 3 aromatic carbocycles. The van der Waals surface area contributed by atoms with E-state index in [0.717, 1.165) is 48.5 Å². The Kier molecular flexibility index (Phi) is 9.63. The third kappa shape index (κ3) is 6.79. The number of nitro benzene ring substituents is 1. The van der Waals surface area contributed by atoms with Crippen LogP contribution in [0.3, 0.4) is 0 Å². The summed E-state index contributed by atoms with van der Waals surface area (Å²) in [6.07, 6.45) is 4.94. The second-order valence-electron chi connectivity index (χ2n) is 9.68. The number of rotatable bonds is 11. The van der Waals surface area contributed by atoms with Gasteiger partial charge in [0, 0.05) is 18.2 Å². The van der Waals surface area contributed by atoms with Gasteiger partial charge in [0.05, 0.1) is 36.1 Å². The van der Waals surface area contributed by atoms with Gasteiger partial charge in [-0.25, -0.2) is 8.42 Å². The molecule has 3 aromatic rings. The highest BCUT2D eigenvalue weighted by Crippen LogP contribution is 2.37. The number of hydrogen-bond donors (Lipinski definition) is 2. The van der Waals surface area contributed by atoms with Gasteiger partial charge in [-0.1, -0.05) is 43.5 Å². The Morgan fingerprint density at radius 1 is 0.976 bits per heavy atom. The van der Waals surface area contributed by atoms with Crippen LogP contribution < -0.4 is 24.4 Å². The first-order valence-corrected chi connectivity index (χ1v) is 14.8. The van der Waals surface area contributed by atoms with E-state index in [0.29, 0.717) is 5.75 Å². The number of carbonyl (C=O) groups is 2. The van der Waals surface area contributed by atoms with Crippen LogP contribution in [0.15, 0.2) is 71.6 Å². The van der Waals surface area contributed by atoms with Crippen LogP contribution in [-0.4, -0.2) is 52.0 Å². The highest BCUT2D eigenvalue weighted by atomic mass is 32.2. The molecule has 13 heteroatoms. The maximum absolute atomic E-state index is 14.0. The molecule has 2 N–H and O–H groups in total. The molecule has 1 aliphatic rings. The number of amides is 2. The Morgan fingerprint density at radius 2 is 1.67 bits per heavy atom. The maximum atomic E-state index is 14.0. The fraction of sp³-hybridized carbons (Fsp3) is 0.310. The molecule has 0 atom stereocenters. The minimum Gasteiger partial charge on any atom is -0.497 e. The number of ether oxygens (including phenoxy) is 2. The topological polar surface area (TPSA) is 157 Å². The SMILES string of the molecule is COc1ccc(N(CC(=O)Nc2ccccc2C(=O)NC2CCCCC2)S(=O)(=O)c2ccccc2[N+](=O)[O-])c(OC)c1. The second-order valence-corrected chi connectivity index (χ2v) is 11.5. The highest BCUT2D eigenvalue weighted by Gasteiger charge is 2.35. The fourth-order valence-corrected chi connectivity index (χ4v) is 6.45. The van der Waals surface area contributed by atoms with E-state index in [4.69, 9.17) is 9.47 Å². The summed E-state index contributed by atoms with van der Waals surface area (Å²) in [7, 11) is -1.95. The molecule has 0 radical (unpaired) electrons. The van der Waals surface area contributed by atoms with Crippen LogP contribution in [0.1, 0.15) is 42.5 Å². The Labute approximate surface area is 243 Å². The third-order valence-corrected chi connectivity index (χ3v) is 8.77. The van der Waals surface area contributed by atoms with Crippen molar-refractivity contribution in [2.75, 3.05) is 30.4 Å². The summed E-state index contributed by atoms with van der Waals surface area (Å²) in [5.74, 6) is -0.718. The minimum absolute atomic E-state index is 0.0415. The Bertz CT molecular complexity index is 1570. The maximum Gasteiger partial charge on any atom is 0.289 e. The summed E-state index contributed by atoms with van der Waals surface area (Å²) in [5, 5.41) is 17.4. The lowest BCUT2D eigenvalue weighted by molar-refractivity contribution is -0.387. The van der Waals surface area contributed by atoms with Crippen molar-refractivity contribution in [2.24, 2.45) is 0 Å². The molecule has 0 spiro atoms. The number of anilines is 2. The van der Waals surface area contributed by atoms with E-state index in [1.165, 1.54) is 44.6 Å². The standard InChI is InChI=1S/C29H32N4O8S/c1-40-21-16-17-24(26(18-21)41-2)32(42(38,39)27-15-9-8-14-25(27)33(36)37)19-28(34)31-23-13-7-6-12-22(23)29(35)30-20-10-4-3-5-11-20/h6-9,12-18,20H,3-5,10-11,19H2,1-2H3,(H,30,35)(H,31,34). The summed E-state index contributed by atoms with van der Waals surface area (Å²) >= 11 is 0. The van der Waals surface area contributed by atoms with E-state index < -0.39 is 38.0 Å². The zero-order valence-electron chi connectivity index (χ0n) is 23.2. The predicted molar refractivity (Wildman–Crippen MR) is 157 cm³/mol. The molecule has 222 valence electrons. The molecular formula is C29H32N4O8S. The lowest BCUT2D eigenvalue weighted by atomic mass is 9.95. The summed E-state index contributed by atoms with van der Waals surface area (Å²) in [5.41, 5.74) is -0.276. The molecule has 42 heavy (non-hydrogen) atoms. The molecule has 0 aromatic heterocycles. The summed E-state index contributed by atoms with van der Waals surface area (Å²) in [4.78, 5) is 36.8. The van der Waals surface area contributed by atoms with Crippen LogP contribution in [-0.2, 0) is 14.8 Å². The first-order valence-electron chi connectivity index (χ1n) is 13.3. The van der Waals surface area contributed by atoms with Crippen molar-refractivity contribution in [3.05, 3.63) is 82.4 Å². The van der Waals surface area contributed by atoms with Gasteiger partial charge in [-0.15, -0.1) is 0 Å². The molecule has 2 amide bonds. The molecule has 0 saturated heterocycles. The Balaban J connectivity index is 1.69. The van der Waals surface area contributed by atoms with E-state index in [1.807, 2.05) is 0 Å². The molecular weight excluding hydrogens is 564 g/mol. The molecule has 1 saturated carbocycles. The molecule has 0 bridgehead atoms. The van der Waals surface area contributed by atoms with Crippen molar-refractivity contribution in [3.8, 4) is 11.5 Å². The molecule has 0 unspecified atom stereocenters.